The summed E-state index contributed by atoms with van der Waals surface area (Å²) in [6.45, 7) is 6.37. The van der Waals surface area contributed by atoms with Crippen molar-refractivity contribution >= 4 is 5.78 Å². The summed E-state index contributed by atoms with van der Waals surface area (Å²) in [4.78, 5) is 15.7. The number of methoxy groups -OCH3 is 3. The minimum absolute atomic E-state index is 0.123. The summed E-state index contributed by atoms with van der Waals surface area (Å²) in [5.74, 6) is 2.33. The lowest BCUT2D eigenvalue weighted by Gasteiger charge is -2.39. The summed E-state index contributed by atoms with van der Waals surface area (Å²) in [7, 11) is 6.56. The van der Waals surface area contributed by atoms with Crippen molar-refractivity contribution in [3.63, 3.8) is 0 Å². The number of Topliss-reactive ketones (excluding diaryl/α,β-unsaturated/α-hetero) is 1. The molecule has 0 unspecified atom stereocenters. The fourth-order valence-corrected chi connectivity index (χ4v) is 4.83. The van der Waals surface area contributed by atoms with Gasteiger partial charge in [0.25, 0.3) is 0 Å². The smallest absolute Gasteiger partial charge is 0.231 e. The Morgan fingerprint density at radius 3 is 2.44 bits per heavy atom. The van der Waals surface area contributed by atoms with E-state index in [0.717, 1.165) is 17.5 Å². The average molecular weight is 472 g/mol. The maximum Gasteiger partial charge on any atom is 0.231 e. The third-order valence-corrected chi connectivity index (χ3v) is 6.56. The maximum absolute atomic E-state index is 13.6. The van der Waals surface area contributed by atoms with E-state index in [1.54, 1.807) is 19.2 Å². The number of aliphatic hydroxyl groups excluding tert-OH is 1. The van der Waals surface area contributed by atoms with Crippen molar-refractivity contribution < 1.29 is 33.6 Å². The predicted octanol–water partition coefficient (Wildman–Crippen LogP) is 3.93. The Labute approximate surface area is 200 Å². The molecule has 0 spiro atoms. The molecule has 0 amide bonds. The molecular formula is C26H33NO7. The van der Waals surface area contributed by atoms with E-state index in [1.807, 2.05) is 33.9 Å². The summed E-state index contributed by atoms with van der Waals surface area (Å²) in [5.41, 5.74) is 1.95. The lowest BCUT2D eigenvalue weighted by atomic mass is 9.80. The van der Waals surface area contributed by atoms with Crippen molar-refractivity contribution in [3.05, 3.63) is 40.5 Å². The summed E-state index contributed by atoms with van der Waals surface area (Å²) in [5, 5.41) is 11.9. The number of likely N-dealkylation sites (N-methyl/N-ethyl adjacent to an activating group) is 1. The van der Waals surface area contributed by atoms with Gasteiger partial charge in [0, 0.05) is 17.5 Å². The van der Waals surface area contributed by atoms with E-state index in [0.29, 0.717) is 46.4 Å². The second-order valence-corrected chi connectivity index (χ2v) is 9.68. The zero-order chi connectivity index (χ0) is 24.8. The summed E-state index contributed by atoms with van der Waals surface area (Å²) < 4.78 is 28.2. The number of hydrogen-bond acceptors (Lipinski definition) is 8. The van der Waals surface area contributed by atoms with Crippen molar-refractivity contribution in [2.75, 3.05) is 41.7 Å². The molecule has 2 aromatic rings. The molecule has 2 aliphatic heterocycles. The SMILES string of the molecule is COc1ccc([C@H](O)[C@H]2c3c(cc4c(c3OC)OCO4)CCN2C)c(C(=O)C(C)(C)C)c1OC. The van der Waals surface area contributed by atoms with Crippen LogP contribution in [0.5, 0.6) is 28.7 Å². The molecule has 2 atom stereocenters. The first-order valence-corrected chi connectivity index (χ1v) is 11.3. The van der Waals surface area contributed by atoms with Crippen LogP contribution in [0.15, 0.2) is 18.2 Å². The lowest BCUT2D eigenvalue weighted by Crippen LogP contribution is -2.37. The second-order valence-electron chi connectivity index (χ2n) is 9.68. The molecular weight excluding hydrogens is 438 g/mol. The molecule has 0 aromatic heterocycles. The van der Waals surface area contributed by atoms with Crippen LogP contribution >= 0.6 is 0 Å². The Kier molecular flexibility index (Phi) is 6.40. The fraction of sp³-hybridized carbons (Fsp3) is 0.500. The van der Waals surface area contributed by atoms with E-state index < -0.39 is 17.6 Å². The molecule has 0 saturated carbocycles. The lowest BCUT2D eigenvalue weighted by molar-refractivity contribution is 0.0523. The number of fused-ring (bicyclic) bond motifs is 2. The van der Waals surface area contributed by atoms with Crippen LogP contribution in [0.25, 0.3) is 0 Å². The summed E-state index contributed by atoms with van der Waals surface area (Å²) in [6, 6.07) is 4.94. The molecule has 2 aliphatic rings. The Hall–Kier alpha value is -2.97. The number of rotatable bonds is 6. The molecule has 0 bridgehead atoms. The van der Waals surface area contributed by atoms with Crippen LogP contribution in [0.1, 0.15) is 60.0 Å². The third kappa shape index (κ3) is 3.84. The molecule has 8 nitrogen and oxygen atoms in total. The van der Waals surface area contributed by atoms with E-state index in [4.69, 9.17) is 23.7 Å². The van der Waals surface area contributed by atoms with Gasteiger partial charge < -0.3 is 28.8 Å². The quantitative estimate of drug-likeness (QED) is 0.634. The molecule has 4 rings (SSSR count). The highest BCUT2D eigenvalue weighted by Crippen LogP contribution is 2.53. The third-order valence-electron chi connectivity index (χ3n) is 6.56. The van der Waals surface area contributed by atoms with Gasteiger partial charge in [-0.2, -0.15) is 0 Å². The normalized spacial score (nSPS) is 18.3. The molecule has 0 radical (unpaired) electrons. The summed E-state index contributed by atoms with van der Waals surface area (Å²) >= 11 is 0. The van der Waals surface area contributed by atoms with Gasteiger partial charge in [0.2, 0.25) is 12.5 Å². The van der Waals surface area contributed by atoms with E-state index in [9.17, 15) is 9.90 Å². The van der Waals surface area contributed by atoms with E-state index in [2.05, 4.69) is 4.90 Å². The van der Waals surface area contributed by atoms with E-state index in [1.165, 1.54) is 14.2 Å². The number of carbonyl (C=O) groups is 1. The first-order valence-electron chi connectivity index (χ1n) is 11.3. The topological polar surface area (TPSA) is 86.7 Å². The van der Waals surface area contributed by atoms with Crippen LogP contribution in [0.3, 0.4) is 0 Å². The maximum atomic E-state index is 13.6. The van der Waals surface area contributed by atoms with Crippen LogP contribution in [0.4, 0.5) is 0 Å². The Morgan fingerprint density at radius 2 is 1.82 bits per heavy atom. The van der Waals surface area contributed by atoms with Crippen molar-refractivity contribution in [1.82, 2.24) is 4.90 Å². The van der Waals surface area contributed by atoms with Gasteiger partial charge in [0.1, 0.15) is 0 Å². The zero-order valence-corrected chi connectivity index (χ0v) is 20.9. The van der Waals surface area contributed by atoms with Gasteiger partial charge in [-0.15, -0.1) is 0 Å². The molecule has 8 heteroatoms. The first kappa shape index (κ1) is 24.2. The first-order chi connectivity index (χ1) is 16.1. The van der Waals surface area contributed by atoms with Gasteiger partial charge in [-0.25, -0.2) is 0 Å². The van der Waals surface area contributed by atoms with Crippen molar-refractivity contribution in [2.45, 2.75) is 39.3 Å². The minimum atomic E-state index is -1.06. The molecule has 0 aliphatic carbocycles. The van der Waals surface area contributed by atoms with Crippen LogP contribution < -0.4 is 23.7 Å². The van der Waals surface area contributed by atoms with E-state index in [-0.39, 0.29) is 12.6 Å². The van der Waals surface area contributed by atoms with Gasteiger partial charge in [0.15, 0.2) is 28.8 Å². The Bertz CT molecular complexity index is 1110. The molecule has 0 fully saturated rings. The van der Waals surface area contributed by atoms with Gasteiger partial charge in [-0.3, -0.25) is 9.69 Å². The van der Waals surface area contributed by atoms with Crippen molar-refractivity contribution in [3.8, 4) is 28.7 Å². The number of ketones is 1. The average Bonchev–Trinajstić information content (AvgIpc) is 3.28. The van der Waals surface area contributed by atoms with Gasteiger partial charge in [-0.1, -0.05) is 26.8 Å². The predicted molar refractivity (Wildman–Crippen MR) is 126 cm³/mol. The summed E-state index contributed by atoms with van der Waals surface area (Å²) in [6.07, 6.45) is -0.290. The second kappa shape index (κ2) is 9.00. The number of nitrogens with zero attached hydrogens (tertiary/aromatic N) is 1. The highest BCUT2D eigenvalue weighted by atomic mass is 16.7. The van der Waals surface area contributed by atoms with Gasteiger partial charge >= 0.3 is 0 Å². The van der Waals surface area contributed by atoms with Crippen LogP contribution in [-0.2, 0) is 6.42 Å². The molecule has 34 heavy (non-hydrogen) atoms. The molecule has 0 saturated heterocycles. The number of aliphatic hydroxyl groups is 1. The highest BCUT2D eigenvalue weighted by molar-refractivity contribution is 6.04. The highest BCUT2D eigenvalue weighted by Gasteiger charge is 2.41. The zero-order valence-electron chi connectivity index (χ0n) is 20.9. The van der Waals surface area contributed by atoms with E-state index >= 15 is 0 Å². The molecule has 2 heterocycles. The number of ether oxygens (including phenoxy) is 5. The van der Waals surface area contributed by atoms with Crippen molar-refractivity contribution in [1.29, 1.82) is 0 Å². The fourth-order valence-electron chi connectivity index (χ4n) is 4.83. The Morgan fingerprint density at radius 1 is 1.12 bits per heavy atom. The van der Waals surface area contributed by atoms with Crippen LogP contribution in [0.2, 0.25) is 0 Å². The number of carbonyl (C=O) groups excluding carboxylic acids is 1. The Balaban J connectivity index is 1.93. The molecule has 184 valence electrons. The largest absolute Gasteiger partial charge is 0.493 e. The monoisotopic (exact) mass is 471 g/mol. The molecule has 2 aromatic carbocycles. The number of hydrogen-bond donors (Lipinski definition) is 1. The van der Waals surface area contributed by atoms with Crippen LogP contribution in [0, 0.1) is 5.41 Å². The van der Waals surface area contributed by atoms with Crippen LogP contribution in [-0.4, -0.2) is 57.5 Å². The van der Waals surface area contributed by atoms with Gasteiger partial charge in [-0.05, 0) is 36.7 Å². The van der Waals surface area contributed by atoms with Crippen molar-refractivity contribution in [2.24, 2.45) is 5.41 Å². The van der Waals surface area contributed by atoms with Gasteiger partial charge in [0.05, 0.1) is 39.0 Å². The minimum Gasteiger partial charge on any atom is -0.493 e. The standard InChI is InChI=1S/C26H33NO7/c1-26(2,3)25(29)19-15(8-9-16(30-5)22(19)31-6)21(28)20-18-14(10-11-27(20)4)12-17-23(24(18)32-7)34-13-33-17/h8-9,12,20-21,28H,10-11,13H2,1-7H3/t20-,21+/m1/s1. The number of benzene rings is 2. The molecule has 1 N–H and O–H groups in total.